The molecule has 4 aromatic rings. The first-order valence-corrected chi connectivity index (χ1v) is 15.7. The van der Waals surface area contributed by atoms with Crippen LogP contribution >= 0.6 is 11.3 Å². The SMILES string of the molecule is CNCCCOc1ccc2nc(NC(=O)C(=NOCc3ccn(C)n3)c3ccc(S(=O)(=O)[C@H]4CCOC4)cc3)sc2n1. The van der Waals surface area contributed by atoms with E-state index in [1.54, 1.807) is 36.1 Å². The number of carbonyl (C=O) groups excluding carboxylic acids is 1. The summed E-state index contributed by atoms with van der Waals surface area (Å²) in [4.78, 5) is 28.6. The first-order valence-electron chi connectivity index (χ1n) is 13.3. The quantitative estimate of drug-likeness (QED) is 0.130. The Hall–Kier alpha value is -3.92. The van der Waals surface area contributed by atoms with Gasteiger partial charge in [0.05, 0.1) is 23.4 Å². The smallest absolute Gasteiger partial charge is 0.280 e. The number of pyridine rings is 1. The first kappa shape index (κ1) is 29.6. The maximum absolute atomic E-state index is 13.4. The largest absolute Gasteiger partial charge is 0.478 e. The van der Waals surface area contributed by atoms with Gasteiger partial charge >= 0.3 is 0 Å². The lowest BCUT2D eigenvalue weighted by Gasteiger charge is -2.11. The van der Waals surface area contributed by atoms with Crippen molar-refractivity contribution in [3.63, 3.8) is 0 Å². The minimum atomic E-state index is -3.56. The molecule has 1 aliphatic rings. The molecule has 15 heteroatoms. The van der Waals surface area contributed by atoms with Gasteiger partial charge in [0.25, 0.3) is 5.91 Å². The summed E-state index contributed by atoms with van der Waals surface area (Å²) in [6.07, 6.45) is 3.05. The average Bonchev–Trinajstić information content (AvgIpc) is 3.75. The Bertz CT molecular complexity index is 1660. The van der Waals surface area contributed by atoms with Crippen LogP contribution in [0, 0.1) is 0 Å². The van der Waals surface area contributed by atoms with Gasteiger partial charge in [-0.05, 0) is 50.7 Å². The van der Waals surface area contributed by atoms with Gasteiger partial charge < -0.3 is 19.6 Å². The zero-order valence-corrected chi connectivity index (χ0v) is 24.8. The van der Waals surface area contributed by atoms with Gasteiger partial charge in [0.2, 0.25) is 5.88 Å². The molecular formula is C27H31N7O6S2. The zero-order valence-electron chi connectivity index (χ0n) is 23.1. The van der Waals surface area contributed by atoms with Crippen molar-refractivity contribution in [3.05, 3.63) is 59.9 Å². The van der Waals surface area contributed by atoms with Gasteiger partial charge in [-0.2, -0.15) is 5.10 Å². The monoisotopic (exact) mass is 613 g/mol. The van der Waals surface area contributed by atoms with Crippen molar-refractivity contribution >= 4 is 48.3 Å². The third-order valence-corrected chi connectivity index (χ3v) is 9.47. The number of aryl methyl sites for hydroxylation is 1. The van der Waals surface area contributed by atoms with Gasteiger partial charge in [0.15, 0.2) is 27.3 Å². The van der Waals surface area contributed by atoms with Gasteiger partial charge in [0.1, 0.15) is 16.0 Å². The fourth-order valence-electron chi connectivity index (χ4n) is 4.20. The molecule has 42 heavy (non-hydrogen) atoms. The van der Waals surface area contributed by atoms with E-state index in [9.17, 15) is 13.2 Å². The van der Waals surface area contributed by atoms with Crippen molar-refractivity contribution in [1.82, 2.24) is 25.1 Å². The number of carbonyl (C=O) groups is 1. The number of benzene rings is 1. The molecule has 0 saturated carbocycles. The number of sulfone groups is 1. The molecule has 13 nitrogen and oxygen atoms in total. The van der Waals surface area contributed by atoms with E-state index in [1.807, 2.05) is 7.05 Å². The number of oxime groups is 1. The fraction of sp³-hybridized carbons (Fsp3) is 0.370. The Kier molecular flexibility index (Phi) is 9.41. The van der Waals surface area contributed by atoms with E-state index < -0.39 is 21.0 Å². The molecule has 5 rings (SSSR count). The lowest BCUT2D eigenvalue weighted by Crippen LogP contribution is -2.25. The molecule has 0 radical (unpaired) electrons. The van der Waals surface area contributed by atoms with Crippen molar-refractivity contribution in [2.45, 2.75) is 29.6 Å². The number of amides is 1. The van der Waals surface area contributed by atoms with Gasteiger partial charge in [-0.15, -0.1) is 0 Å². The van der Waals surface area contributed by atoms with Gasteiger partial charge in [-0.3, -0.25) is 14.8 Å². The summed E-state index contributed by atoms with van der Waals surface area (Å²) in [5.41, 5.74) is 1.54. The minimum Gasteiger partial charge on any atom is -0.478 e. The molecule has 0 unspecified atom stereocenters. The maximum Gasteiger partial charge on any atom is 0.280 e. The molecular weight excluding hydrogens is 582 g/mol. The number of ether oxygens (including phenoxy) is 2. The average molecular weight is 614 g/mol. The molecule has 1 aliphatic heterocycles. The lowest BCUT2D eigenvalue weighted by atomic mass is 10.1. The Morgan fingerprint density at radius 2 is 2.02 bits per heavy atom. The van der Waals surface area contributed by atoms with E-state index in [0.717, 1.165) is 13.0 Å². The number of hydrogen-bond donors (Lipinski definition) is 2. The van der Waals surface area contributed by atoms with Crippen LogP contribution in [0.1, 0.15) is 24.1 Å². The van der Waals surface area contributed by atoms with Crippen LogP contribution in [0.2, 0.25) is 0 Å². The highest BCUT2D eigenvalue weighted by molar-refractivity contribution is 7.92. The van der Waals surface area contributed by atoms with E-state index in [-0.39, 0.29) is 23.8 Å². The molecule has 0 spiro atoms. The highest BCUT2D eigenvalue weighted by Gasteiger charge is 2.31. The van der Waals surface area contributed by atoms with Crippen LogP contribution in [0.25, 0.3) is 10.3 Å². The summed E-state index contributed by atoms with van der Waals surface area (Å²) in [6.45, 7) is 1.98. The predicted octanol–water partition coefficient (Wildman–Crippen LogP) is 2.54. The first-order chi connectivity index (χ1) is 20.3. The van der Waals surface area contributed by atoms with Gasteiger partial charge in [0, 0.05) is 31.5 Å². The summed E-state index contributed by atoms with van der Waals surface area (Å²) in [5.74, 6) is -0.108. The van der Waals surface area contributed by atoms with Crippen LogP contribution in [-0.2, 0) is 37.9 Å². The van der Waals surface area contributed by atoms with E-state index in [2.05, 4.69) is 30.9 Å². The summed E-state index contributed by atoms with van der Waals surface area (Å²) in [5, 5.41) is 13.9. The normalized spacial score (nSPS) is 15.7. The Morgan fingerprint density at radius 1 is 1.19 bits per heavy atom. The molecule has 0 aliphatic carbocycles. The van der Waals surface area contributed by atoms with E-state index in [4.69, 9.17) is 14.3 Å². The van der Waals surface area contributed by atoms with Crippen molar-refractivity contribution in [2.24, 2.45) is 12.2 Å². The minimum absolute atomic E-state index is 0.0356. The highest BCUT2D eigenvalue weighted by atomic mass is 32.2. The molecule has 2 N–H and O–H groups in total. The van der Waals surface area contributed by atoms with E-state index >= 15 is 0 Å². The van der Waals surface area contributed by atoms with Crippen LogP contribution in [0.15, 0.2) is 58.7 Å². The van der Waals surface area contributed by atoms with E-state index in [1.165, 1.54) is 35.6 Å². The molecule has 222 valence electrons. The fourth-order valence-corrected chi connectivity index (χ4v) is 6.60. The second-order valence-corrected chi connectivity index (χ2v) is 12.7. The van der Waals surface area contributed by atoms with Gasteiger partial charge in [-0.1, -0.05) is 28.6 Å². The molecule has 3 aromatic heterocycles. The van der Waals surface area contributed by atoms with Crippen molar-refractivity contribution in [3.8, 4) is 5.88 Å². The van der Waals surface area contributed by atoms with E-state index in [0.29, 0.717) is 52.3 Å². The summed E-state index contributed by atoms with van der Waals surface area (Å²) in [6, 6.07) is 11.3. The van der Waals surface area contributed by atoms with Crippen molar-refractivity contribution < 1.29 is 27.5 Å². The summed E-state index contributed by atoms with van der Waals surface area (Å²) >= 11 is 1.19. The Labute approximate surface area is 246 Å². The molecule has 0 bridgehead atoms. The Morgan fingerprint density at radius 3 is 2.74 bits per heavy atom. The molecule has 1 aromatic carbocycles. The van der Waals surface area contributed by atoms with Crippen LogP contribution in [0.3, 0.4) is 0 Å². The number of aromatic nitrogens is 4. The number of nitrogens with zero attached hydrogens (tertiary/aromatic N) is 5. The second-order valence-electron chi connectivity index (χ2n) is 9.50. The van der Waals surface area contributed by atoms with Crippen molar-refractivity contribution in [2.75, 3.05) is 38.7 Å². The standard InChI is InChI=1S/C27H31N7O6S2/c1-28-12-3-14-39-23-9-8-22-26(30-23)41-27(29-22)31-25(35)24(33-40-16-19-10-13-34(2)32-19)18-4-6-20(7-5-18)42(36,37)21-11-15-38-17-21/h4-10,13,21,28H,3,11-12,14-17H2,1-2H3,(H,29,31,35)/t21-/m0/s1. The number of thiazole rings is 1. The Balaban J connectivity index is 1.35. The van der Waals surface area contributed by atoms with Crippen LogP contribution < -0.4 is 15.4 Å². The van der Waals surface area contributed by atoms with Crippen LogP contribution in [0.5, 0.6) is 5.88 Å². The number of anilines is 1. The molecule has 1 fully saturated rings. The van der Waals surface area contributed by atoms with Crippen LogP contribution in [0.4, 0.5) is 5.13 Å². The van der Waals surface area contributed by atoms with Crippen molar-refractivity contribution in [1.29, 1.82) is 0 Å². The number of nitrogens with one attached hydrogen (secondary N) is 2. The number of fused-ring (bicyclic) bond motifs is 1. The highest BCUT2D eigenvalue weighted by Crippen LogP contribution is 2.27. The van der Waals surface area contributed by atoms with Crippen LogP contribution in [-0.4, -0.2) is 78.4 Å². The second kappa shape index (κ2) is 13.4. The third kappa shape index (κ3) is 7.10. The summed E-state index contributed by atoms with van der Waals surface area (Å²) < 4.78 is 38.5. The zero-order chi connectivity index (χ0) is 29.5. The molecule has 1 saturated heterocycles. The number of hydrogen-bond acceptors (Lipinski definition) is 12. The molecule has 1 amide bonds. The molecule has 1 atom stereocenters. The lowest BCUT2D eigenvalue weighted by molar-refractivity contribution is -0.110. The topological polar surface area (TPSA) is 159 Å². The number of rotatable bonds is 13. The third-order valence-electron chi connectivity index (χ3n) is 6.41. The summed E-state index contributed by atoms with van der Waals surface area (Å²) in [7, 11) is 0.100. The molecule has 4 heterocycles. The maximum atomic E-state index is 13.4. The van der Waals surface area contributed by atoms with Gasteiger partial charge in [-0.25, -0.2) is 18.4 Å². The predicted molar refractivity (Wildman–Crippen MR) is 157 cm³/mol.